The van der Waals surface area contributed by atoms with Crippen LogP contribution >= 0.6 is 0 Å². The fourth-order valence-electron chi connectivity index (χ4n) is 2.34. The Morgan fingerprint density at radius 2 is 2.24 bits per heavy atom. The van der Waals surface area contributed by atoms with Crippen molar-refractivity contribution >= 4 is 11.4 Å². The van der Waals surface area contributed by atoms with E-state index < -0.39 is 0 Å². The molecule has 0 aliphatic heterocycles. The van der Waals surface area contributed by atoms with Gasteiger partial charge in [0.25, 0.3) is 0 Å². The molecule has 0 bridgehead atoms. The van der Waals surface area contributed by atoms with Crippen molar-refractivity contribution in [3.8, 4) is 5.75 Å². The normalized spacial score (nSPS) is 23.6. The number of aliphatic hydroxyl groups is 1. The van der Waals surface area contributed by atoms with E-state index in [0.717, 1.165) is 37.2 Å². The maximum absolute atomic E-state index is 9.46. The van der Waals surface area contributed by atoms with Gasteiger partial charge in [0.05, 0.1) is 13.2 Å². The minimum Gasteiger partial charge on any atom is -0.497 e. The summed E-state index contributed by atoms with van der Waals surface area (Å²) in [6.45, 7) is 0.879. The lowest BCUT2D eigenvalue weighted by Crippen LogP contribution is -2.12. The van der Waals surface area contributed by atoms with Gasteiger partial charge in [-0.15, -0.1) is 0 Å². The molecule has 1 aromatic rings. The summed E-state index contributed by atoms with van der Waals surface area (Å²) in [5.74, 6) is 1.32. The van der Waals surface area contributed by atoms with E-state index >= 15 is 0 Å². The van der Waals surface area contributed by atoms with Gasteiger partial charge in [0.15, 0.2) is 0 Å². The molecule has 0 heterocycles. The van der Waals surface area contributed by atoms with E-state index in [1.54, 1.807) is 13.2 Å². The van der Waals surface area contributed by atoms with Gasteiger partial charge < -0.3 is 20.9 Å². The van der Waals surface area contributed by atoms with Crippen LogP contribution in [0.5, 0.6) is 5.75 Å². The van der Waals surface area contributed by atoms with Crippen molar-refractivity contribution in [2.45, 2.75) is 25.4 Å². The quantitative estimate of drug-likeness (QED) is 0.698. The minimum atomic E-state index is -0.114. The number of ether oxygens (including phenoxy) is 1. The third-order valence-corrected chi connectivity index (χ3v) is 3.27. The number of aliphatic hydroxyl groups excluding tert-OH is 1. The molecule has 0 saturated heterocycles. The molecule has 0 aromatic heterocycles. The number of nitrogen functional groups attached to an aromatic ring is 1. The summed E-state index contributed by atoms with van der Waals surface area (Å²) in [7, 11) is 1.63. The van der Waals surface area contributed by atoms with Crippen molar-refractivity contribution in [1.29, 1.82) is 0 Å². The lowest BCUT2D eigenvalue weighted by atomic mass is 10.1. The third-order valence-electron chi connectivity index (χ3n) is 3.27. The van der Waals surface area contributed by atoms with Gasteiger partial charge in [0, 0.05) is 30.1 Å². The Kier molecular flexibility index (Phi) is 3.74. The topological polar surface area (TPSA) is 67.5 Å². The molecule has 2 rings (SSSR count). The lowest BCUT2D eigenvalue weighted by Gasteiger charge is -2.13. The Morgan fingerprint density at radius 1 is 1.41 bits per heavy atom. The van der Waals surface area contributed by atoms with E-state index in [1.165, 1.54) is 0 Å². The van der Waals surface area contributed by atoms with Crippen molar-refractivity contribution in [2.24, 2.45) is 5.92 Å². The molecule has 1 aliphatic carbocycles. The van der Waals surface area contributed by atoms with Gasteiger partial charge in [-0.2, -0.15) is 0 Å². The number of rotatable bonds is 4. The summed E-state index contributed by atoms with van der Waals surface area (Å²) in [6.07, 6.45) is 2.80. The molecular weight excluding hydrogens is 216 g/mol. The molecule has 94 valence electrons. The second-order valence-corrected chi connectivity index (χ2v) is 4.71. The summed E-state index contributed by atoms with van der Waals surface area (Å²) < 4.78 is 5.16. The molecular formula is C13H20N2O2. The Balaban J connectivity index is 1.92. The van der Waals surface area contributed by atoms with Crippen LogP contribution in [-0.4, -0.2) is 24.9 Å². The van der Waals surface area contributed by atoms with Crippen LogP contribution in [0, 0.1) is 5.92 Å². The van der Waals surface area contributed by atoms with Gasteiger partial charge in [-0.25, -0.2) is 0 Å². The molecule has 1 aromatic carbocycles. The molecule has 4 nitrogen and oxygen atoms in total. The first-order chi connectivity index (χ1) is 8.17. The maximum atomic E-state index is 9.46. The van der Waals surface area contributed by atoms with Crippen LogP contribution in [0.3, 0.4) is 0 Å². The second-order valence-electron chi connectivity index (χ2n) is 4.71. The molecule has 1 aliphatic rings. The first kappa shape index (κ1) is 12.0. The molecule has 0 radical (unpaired) electrons. The van der Waals surface area contributed by atoms with E-state index in [9.17, 15) is 5.11 Å². The SMILES string of the molecule is COc1cc(N)cc(NCC2CCC(O)C2)c1. The van der Waals surface area contributed by atoms with Crippen LogP contribution in [0.1, 0.15) is 19.3 Å². The third kappa shape index (κ3) is 3.27. The van der Waals surface area contributed by atoms with Crippen molar-refractivity contribution in [3.63, 3.8) is 0 Å². The number of hydrogen-bond donors (Lipinski definition) is 3. The number of anilines is 2. The summed E-state index contributed by atoms with van der Waals surface area (Å²) in [6, 6.07) is 5.63. The number of nitrogens with one attached hydrogen (secondary N) is 1. The highest BCUT2D eigenvalue weighted by Gasteiger charge is 2.22. The molecule has 0 spiro atoms. The van der Waals surface area contributed by atoms with Crippen LogP contribution in [-0.2, 0) is 0 Å². The number of methoxy groups -OCH3 is 1. The fourth-order valence-corrected chi connectivity index (χ4v) is 2.34. The van der Waals surface area contributed by atoms with Crippen molar-refractivity contribution < 1.29 is 9.84 Å². The van der Waals surface area contributed by atoms with E-state index in [4.69, 9.17) is 10.5 Å². The molecule has 2 atom stereocenters. The molecule has 4 N–H and O–H groups in total. The predicted molar refractivity (Wildman–Crippen MR) is 69.2 cm³/mol. The van der Waals surface area contributed by atoms with Gasteiger partial charge in [-0.3, -0.25) is 0 Å². The van der Waals surface area contributed by atoms with Gasteiger partial charge in [-0.05, 0) is 31.2 Å². The van der Waals surface area contributed by atoms with Gasteiger partial charge in [0.1, 0.15) is 5.75 Å². The van der Waals surface area contributed by atoms with Crippen molar-refractivity contribution in [1.82, 2.24) is 0 Å². The van der Waals surface area contributed by atoms with E-state index in [-0.39, 0.29) is 6.10 Å². The van der Waals surface area contributed by atoms with Gasteiger partial charge in [0.2, 0.25) is 0 Å². The molecule has 1 fully saturated rings. The zero-order valence-corrected chi connectivity index (χ0v) is 10.1. The van der Waals surface area contributed by atoms with Gasteiger partial charge in [-0.1, -0.05) is 0 Å². The Hall–Kier alpha value is -1.42. The van der Waals surface area contributed by atoms with E-state index in [2.05, 4.69) is 5.32 Å². The molecule has 1 saturated carbocycles. The van der Waals surface area contributed by atoms with E-state index in [1.807, 2.05) is 12.1 Å². The largest absolute Gasteiger partial charge is 0.497 e. The first-order valence-corrected chi connectivity index (χ1v) is 6.04. The molecule has 0 amide bonds. The van der Waals surface area contributed by atoms with Crippen LogP contribution < -0.4 is 15.8 Å². The van der Waals surface area contributed by atoms with Gasteiger partial charge >= 0.3 is 0 Å². The van der Waals surface area contributed by atoms with Crippen LogP contribution in [0.4, 0.5) is 11.4 Å². The predicted octanol–water partition coefficient (Wildman–Crippen LogP) is 1.85. The standard InChI is InChI=1S/C13H20N2O2/c1-17-13-6-10(14)5-11(7-13)15-8-9-2-3-12(16)4-9/h5-7,9,12,15-16H,2-4,8,14H2,1H3. The van der Waals surface area contributed by atoms with E-state index in [0.29, 0.717) is 11.6 Å². The summed E-state index contributed by atoms with van der Waals surface area (Å²) in [5, 5.41) is 12.8. The Morgan fingerprint density at radius 3 is 2.88 bits per heavy atom. The Labute approximate surface area is 102 Å². The second kappa shape index (κ2) is 5.27. The zero-order valence-electron chi connectivity index (χ0n) is 10.1. The van der Waals surface area contributed by atoms with Crippen molar-refractivity contribution in [3.05, 3.63) is 18.2 Å². The smallest absolute Gasteiger partial charge is 0.122 e. The molecule has 4 heteroatoms. The highest BCUT2D eigenvalue weighted by atomic mass is 16.5. The number of hydrogen-bond acceptors (Lipinski definition) is 4. The average Bonchev–Trinajstić information content (AvgIpc) is 2.72. The lowest BCUT2D eigenvalue weighted by molar-refractivity contribution is 0.178. The summed E-state index contributed by atoms with van der Waals surface area (Å²) in [4.78, 5) is 0. The maximum Gasteiger partial charge on any atom is 0.122 e. The highest BCUT2D eigenvalue weighted by Crippen LogP contribution is 2.27. The van der Waals surface area contributed by atoms with Crippen molar-refractivity contribution in [2.75, 3.05) is 24.7 Å². The van der Waals surface area contributed by atoms with Crippen LogP contribution in [0.15, 0.2) is 18.2 Å². The summed E-state index contributed by atoms with van der Waals surface area (Å²) in [5.41, 5.74) is 7.45. The molecule has 2 unspecified atom stereocenters. The fraction of sp³-hybridized carbons (Fsp3) is 0.538. The average molecular weight is 236 g/mol. The minimum absolute atomic E-state index is 0.114. The monoisotopic (exact) mass is 236 g/mol. The first-order valence-electron chi connectivity index (χ1n) is 6.04. The zero-order chi connectivity index (χ0) is 12.3. The summed E-state index contributed by atoms with van der Waals surface area (Å²) >= 11 is 0. The Bertz CT molecular complexity index is 382. The van der Waals surface area contributed by atoms with Crippen LogP contribution in [0.25, 0.3) is 0 Å². The highest BCUT2D eigenvalue weighted by molar-refractivity contribution is 5.59. The number of nitrogens with two attached hydrogens (primary N) is 1. The molecule has 17 heavy (non-hydrogen) atoms. The van der Waals surface area contributed by atoms with Crippen LogP contribution in [0.2, 0.25) is 0 Å². The number of benzene rings is 1.